The molecule has 0 saturated carbocycles. The monoisotopic (exact) mass is 590 g/mol. The highest BCUT2D eigenvalue weighted by Gasteiger charge is 2.33. The first kappa shape index (κ1) is 25.4. The molecule has 2 aliphatic heterocycles. The van der Waals surface area contributed by atoms with E-state index in [0.717, 1.165) is 9.13 Å². The van der Waals surface area contributed by atoms with Crippen molar-refractivity contribution in [2.45, 2.75) is 25.3 Å². The van der Waals surface area contributed by atoms with Crippen molar-refractivity contribution in [3.05, 3.63) is 63.7 Å². The first-order valence-corrected chi connectivity index (χ1v) is 13.1. The number of ether oxygens (including phenoxy) is 1. The van der Waals surface area contributed by atoms with Gasteiger partial charge in [-0.25, -0.2) is 4.79 Å². The Kier molecular flexibility index (Phi) is 8.97. The van der Waals surface area contributed by atoms with Crippen LogP contribution in [0.2, 0.25) is 0 Å². The van der Waals surface area contributed by atoms with Crippen molar-refractivity contribution >= 4 is 46.1 Å². The summed E-state index contributed by atoms with van der Waals surface area (Å²) >= 11 is 2.21. The van der Waals surface area contributed by atoms with E-state index < -0.39 is 12.1 Å². The second-order valence-corrected chi connectivity index (χ2v) is 10.1. The van der Waals surface area contributed by atoms with Gasteiger partial charge in [-0.05, 0) is 65.3 Å². The highest BCUT2D eigenvalue weighted by molar-refractivity contribution is 14.1. The van der Waals surface area contributed by atoms with Gasteiger partial charge in [0.25, 0.3) is 0 Å². The Bertz CT molecular complexity index is 1000. The topological polar surface area (TPSA) is 91.0 Å². The number of halogens is 1. The van der Waals surface area contributed by atoms with Gasteiger partial charge in [0.05, 0.1) is 13.2 Å². The molecular weight excluding hydrogens is 559 g/mol. The van der Waals surface area contributed by atoms with Crippen molar-refractivity contribution in [3.8, 4) is 0 Å². The van der Waals surface area contributed by atoms with Crippen LogP contribution in [0.4, 0.5) is 10.5 Å². The number of carbonyl (C=O) groups excluding carboxylic acids is 3. The molecule has 0 bridgehead atoms. The molecule has 2 aromatic rings. The van der Waals surface area contributed by atoms with Gasteiger partial charge in [-0.3, -0.25) is 9.59 Å². The van der Waals surface area contributed by atoms with Crippen molar-refractivity contribution in [1.29, 1.82) is 0 Å². The molecule has 4 rings (SSSR count). The first-order chi connectivity index (χ1) is 17.0. The Morgan fingerprint density at radius 3 is 2.23 bits per heavy atom. The lowest BCUT2D eigenvalue weighted by Gasteiger charge is -2.36. The number of rotatable bonds is 6. The number of morpholine rings is 1. The second-order valence-electron chi connectivity index (χ2n) is 8.88. The van der Waals surface area contributed by atoms with Crippen molar-refractivity contribution in [1.82, 2.24) is 15.1 Å². The van der Waals surface area contributed by atoms with Crippen LogP contribution in [0, 0.1) is 9.49 Å². The van der Waals surface area contributed by atoms with Crippen LogP contribution >= 0.6 is 22.6 Å². The Balaban J connectivity index is 1.38. The van der Waals surface area contributed by atoms with Crippen molar-refractivity contribution < 1.29 is 19.1 Å². The molecule has 8 nitrogen and oxygen atoms in total. The summed E-state index contributed by atoms with van der Waals surface area (Å²) in [5, 5.41) is 5.70. The van der Waals surface area contributed by atoms with E-state index in [2.05, 4.69) is 33.2 Å². The van der Waals surface area contributed by atoms with Crippen LogP contribution < -0.4 is 10.6 Å². The van der Waals surface area contributed by atoms with Crippen LogP contribution in [0.1, 0.15) is 18.4 Å². The number of hydrogen-bond acceptors (Lipinski definition) is 4. The second kappa shape index (κ2) is 12.3. The molecule has 9 heteroatoms. The number of piperidine rings is 1. The molecule has 2 fully saturated rings. The number of urea groups is 1. The zero-order valence-corrected chi connectivity index (χ0v) is 21.8. The Hall–Kier alpha value is -2.66. The minimum atomic E-state index is -0.701. The fraction of sp³-hybridized carbons (Fsp3) is 0.423. The molecule has 0 aromatic heterocycles. The molecule has 35 heavy (non-hydrogen) atoms. The average molecular weight is 590 g/mol. The molecule has 2 N–H and O–H groups in total. The summed E-state index contributed by atoms with van der Waals surface area (Å²) in [5.74, 6) is -0.0259. The van der Waals surface area contributed by atoms with Gasteiger partial charge in [0.2, 0.25) is 11.8 Å². The predicted octanol–water partition coefficient (Wildman–Crippen LogP) is 3.12. The number of nitrogens with one attached hydrogen (secondary N) is 2. The smallest absolute Gasteiger partial charge is 0.319 e. The van der Waals surface area contributed by atoms with Gasteiger partial charge in [0, 0.05) is 47.8 Å². The fourth-order valence-corrected chi connectivity index (χ4v) is 4.88. The molecule has 186 valence electrons. The highest BCUT2D eigenvalue weighted by Crippen LogP contribution is 2.21. The highest BCUT2D eigenvalue weighted by atomic mass is 127. The summed E-state index contributed by atoms with van der Waals surface area (Å²) in [5.41, 5.74) is 1.63. The van der Waals surface area contributed by atoms with E-state index in [0.29, 0.717) is 64.3 Å². The average Bonchev–Trinajstić information content (AvgIpc) is 2.90. The summed E-state index contributed by atoms with van der Waals surface area (Å²) in [4.78, 5) is 42.7. The van der Waals surface area contributed by atoms with E-state index in [1.807, 2.05) is 59.5 Å². The summed E-state index contributed by atoms with van der Waals surface area (Å²) in [6, 6.07) is 16.0. The summed E-state index contributed by atoms with van der Waals surface area (Å²) < 4.78 is 6.42. The quantitative estimate of drug-likeness (QED) is 0.507. The number of anilines is 1. The van der Waals surface area contributed by atoms with Crippen LogP contribution in [0.5, 0.6) is 0 Å². The number of benzene rings is 2. The SMILES string of the molecule is O=C(Nc1ccc(I)cc1)N[C@@H](Cc1ccccc1)C(=O)N1CCC(C(=O)N2CCOCC2)CC1. The van der Waals surface area contributed by atoms with Gasteiger partial charge in [-0.2, -0.15) is 0 Å². The summed E-state index contributed by atoms with van der Waals surface area (Å²) in [7, 11) is 0. The third-order valence-electron chi connectivity index (χ3n) is 6.47. The van der Waals surface area contributed by atoms with Gasteiger partial charge in [0.1, 0.15) is 6.04 Å². The van der Waals surface area contributed by atoms with Crippen LogP contribution in [-0.4, -0.2) is 73.1 Å². The maximum absolute atomic E-state index is 13.5. The number of likely N-dealkylation sites (tertiary alicyclic amines) is 1. The zero-order valence-electron chi connectivity index (χ0n) is 19.6. The third-order valence-corrected chi connectivity index (χ3v) is 7.19. The largest absolute Gasteiger partial charge is 0.378 e. The van der Waals surface area contributed by atoms with E-state index in [4.69, 9.17) is 4.74 Å². The number of hydrogen-bond donors (Lipinski definition) is 2. The molecule has 0 spiro atoms. The van der Waals surface area contributed by atoms with Gasteiger partial charge in [-0.1, -0.05) is 30.3 Å². The Morgan fingerprint density at radius 1 is 0.914 bits per heavy atom. The minimum Gasteiger partial charge on any atom is -0.378 e. The molecule has 4 amide bonds. The number of amides is 4. The van der Waals surface area contributed by atoms with Crippen molar-refractivity contribution in [2.24, 2.45) is 5.92 Å². The third kappa shape index (κ3) is 7.17. The lowest BCUT2D eigenvalue weighted by molar-refractivity contribution is -0.144. The molecule has 2 aliphatic rings. The maximum Gasteiger partial charge on any atom is 0.319 e. The Labute approximate surface area is 219 Å². The van der Waals surface area contributed by atoms with E-state index in [1.165, 1.54) is 0 Å². The lowest BCUT2D eigenvalue weighted by Crippen LogP contribution is -2.53. The zero-order chi connectivity index (χ0) is 24.6. The van der Waals surface area contributed by atoms with Gasteiger partial charge < -0.3 is 25.2 Å². The van der Waals surface area contributed by atoms with Crippen molar-refractivity contribution in [3.63, 3.8) is 0 Å². The van der Waals surface area contributed by atoms with Crippen LogP contribution in [0.25, 0.3) is 0 Å². The van der Waals surface area contributed by atoms with Crippen LogP contribution in [0.3, 0.4) is 0 Å². The molecule has 1 atom stereocenters. The van der Waals surface area contributed by atoms with E-state index in [1.54, 1.807) is 4.90 Å². The van der Waals surface area contributed by atoms with Crippen LogP contribution in [0.15, 0.2) is 54.6 Å². The number of carbonyl (C=O) groups is 3. The summed E-state index contributed by atoms with van der Waals surface area (Å²) in [6.45, 7) is 3.45. The molecular formula is C26H31IN4O4. The molecule has 0 radical (unpaired) electrons. The standard InChI is InChI=1S/C26H31IN4O4/c27-21-6-8-22(9-7-21)28-26(34)29-23(18-19-4-2-1-3-5-19)25(33)30-12-10-20(11-13-30)24(32)31-14-16-35-17-15-31/h1-9,20,23H,10-18H2,(H2,28,29,34)/t23-/m0/s1. The summed E-state index contributed by atoms with van der Waals surface area (Å²) in [6.07, 6.45) is 1.66. The van der Waals surface area contributed by atoms with Gasteiger partial charge in [0.15, 0.2) is 0 Å². The van der Waals surface area contributed by atoms with Crippen molar-refractivity contribution in [2.75, 3.05) is 44.7 Å². The molecule has 2 aromatic carbocycles. The molecule has 2 heterocycles. The first-order valence-electron chi connectivity index (χ1n) is 12.0. The molecule has 2 saturated heterocycles. The predicted molar refractivity (Wildman–Crippen MR) is 142 cm³/mol. The van der Waals surface area contributed by atoms with E-state index >= 15 is 0 Å². The van der Waals surface area contributed by atoms with Gasteiger partial charge in [-0.15, -0.1) is 0 Å². The van der Waals surface area contributed by atoms with Gasteiger partial charge >= 0.3 is 6.03 Å². The number of nitrogens with zero attached hydrogens (tertiary/aromatic N) is 2. The normalized spacial score (nSPS) is 17.5. The molecule has 0 unspecified atom stereocenters. The van der Waals surface area contributed by atoms with E-state index in [9.17, 15) is 14.4 Å². The fourth-order valence-electron chi connectivity index (χ4n) is 4.52. The van der Waals surface area contributed by atoms with E-state index in [-0.39, 0.29) is 17.7 Å². The maximum atomic E-state index is 13.5. The minimum absolute atomic E-state index is 0.0677. The Morgan fingerprint density at radius 2 is 1.57 bits per heavy atom. The lowest BCUT2D eigenvalue weighted by atomic mass is 9.94. The molecule has 0 aliphatic carbocycles. The van der Waals surface area contributed by atoms with Crippen LogP contribution in [-0.2, 0) is 20.7 Å².